The molecule has 0 aliphatic heterocycles. The number of aromatic nitrogens is 1. The number of benzene rings is 2. The third-order valence-electron chi connectivity index (χ3n) is 3.89. The molecule has 0 aliphatic carbocycles. The van der Waals surface area contributed by atoms with Crippen LogP contribution >= 0.6 is 11.3 Å². The van der Waals surface area contributed by atoms with Gasteiger partial charge in [0.2, 0.25) is 0 Å². The number of thiazole rings is 1. The van der Waals surface area contributed by atoms with Gasteiger partial charge in [-0.1, -0.05) is 23.5 Å². The van der Waals surface area contributed by atoms with Crippen LogP contribution in [0.5, 0.6) is 5.75 Å². The van der Waals surface area contributed by atoms with Crippen molar-refractivity contribution >= 4 is 42.4 Å². The Balaban J connectivity index is 1.85. The fourth-order valence-corrected chi connectivity index (χ4v) is 4.19. The predicted octanol–water partition coefficient (Wildman–Crippen LogP) is 3.03. The second kappa shape index (κ2) is 7.63. The van der Waals surface area contributed by atoms with Crippen LogP contribution in [0.15, 0.2) is 47.4 Å². The molecule has 7 nitrogen and oxygen atoms in total. The van der Waals surface area contributed by atoms with Crippen LogP contribution in [-0.2, 0) is 19.4 Å². The first kappa shape index (κ1) is 19.3. The molecule has 1 aromatic heterocycles. The van der Waals surface area contributed by atoms with E-state index in [-0.39, 0.29) is 10.8 Å². The van der Waals surface area contributed by atoms with Crippen molar-refractivity contribution in [2.45, 2.75) is 11.0 Å². The molecule has 1 heterocycles. The van der Waals surface area contributed by atoms with Crippen molar-refractivity contribution in [2.24, 2.45) is 0 Å². The van der Waals surface area contributed by atoms with Crippen molar-refractivity contribution in [3.63, 3.8) is 0 Å². The van der Waals surface area contributed by atoms with Crippen LogP contribution in [0, 0.1) is 0 Å². The molecule has 1 N–H and O–H groups in total. The number of amides is 1. The number of ether oxygens (including phenoxy) is 2. The SMILES string of the molecule is COc1cccc(C(OC)C(=O)Nc2nc3ccc(S(C)(=O)=O)cc3s2)c1. The van der Waals surface area contributed by atoms with Crippen LogP contribution < -0.4 is 10.1 Å². The van der Waals surface area contributed by atoms with Gasteiger partial charge in [0.15, 0.2) is 21.1 Å². The van der Waals surface area contributed by atoms with Gasteiger partial charge < -0.3 is 9.47 Å². The Morgan fingerprint density at radius 1 is 1.19 bits per heavy atom. The Morgan fingerprint density at radius 2 is 1.96 bits per heavy atom. The Kier molecular flexibility index (Phi) is 5.45. The lowest BCUT2D eigenvalue weighted by molar-refractivity contribution is -0.126. The number of carbonyl (C=O) groups excluding carboxylic acids is 1. The summed E-state index contributed by atoms with van der Waals surface area (Å²) in [4.78, 5) is 17.2. The average molecular weight is 406 g/mol. The number of sulfone groups is 1. The van der Waals surface area contributed by atoms with Gasteiger partial charge in [0, 0.05) is 13.4 Å². The van der Waals surface area contributed by atoms with E-state index in [4.69, 9.17) is 9.47 Å². The quantitative estimate of drug-likeness (QED) is 0.676. The van der Waals surface area contributed by atoms with Crippen LogP contribution in [0.4, 0.5) is 5.13 Å². The highest BCUT2D eigenvalue weighted by molar-refractivity contribution is 7.90. The van der Waals surface area contributed by atoms with Gasteiger partial charge in [-0.2, -0.15) is 0 Å². The minimum atomic E-state index is -3.31. The molecule has 9 heteroatoms. The van der Waals surface area contributed by atoms with Gasteiger partial charge in [-0.15, -0.1) is 0 Å². The van der Waals surface area contributed by atoms with Gasteiger partial charge in [-0.3, -0.25) is 10.1 Å². The molecule has 0 saturated carbocycles. The molecule has 0 radical (unpaired) electrons. The molecule has 1 amide bonds. The third kappa shape index (κ3) is 4.26. The molecule has 3 rings (SSSR count). The largest absolute Gasteiger partial charge is 0.497 e. The van der Waals surface area contributed by atoms with E-state index in [2.05, 4.69) is 10.3 Å². The fraction of sp³-hybridized carbons (Fsp3) is 0.222. The number of nitrogens with one attached hydrogen (secondary N) is 1. The van der Waals surface area contributed by atoms with Crippen LogP contribution in [0.25, 0.3) is 10.2 Å². The Morgan fingerprint density at radius 3 is 2.63 bits per heavy atom. The zero-order valence-corrected chi connectivity index (χ0v) is 16.6. The first-order valence-electron chi connectivity index (χ1n) is 7.90. The number of fused-ring (bicyclic) bond motifs is 1. The Labute approximate surface area is 160 Å². The highest BCUT2D eigenvalue weighted by Gasteiger charge is 2.22. The highest BCUT2D eigenvalue weighted by Crippen LogP contribution is 2.29. The topological polar surface area (TPSA) is 94.6 Å². The van der Waals surface area contributed by atoms with Gasteiger partial charge in [-0.25, -0.2) is 13.4 Å². The Hall–Kier alpha value is -2.49. The monoisotopic (exact) mass is 406 g/mol. The van der Waals surface area contributed by atoms with Crippen LogP contribution in [-0.4, -0.2) is 39.8 Å². The van der Waals surface area contributed by atoms with Crippen LogP contribution in [0.2, 0.25) is 0 Å². The molecule has 2 aromatic carbocycles. The van der Waals surface area contributed by atoms with Crippen molar-refractivity contribution in [1.29, 1.82) is 0 Å². The van der Waals surface area contributed by atoms with E-state index < -0.39 is 15.9 Å². The van der Waals surface area contributed by atoms with Crippen LogP contribution in [0.3, 0.4) is 0 Å². The first-order chi connectivity index (χ1) is 12.8. The molecule has 0 bridgehead atoms. The van der Waals surface area contributed by atoms with E-state index in [0.717, 1.165) is 6.26 Å². The van der Waals surface area contributed by atoms with Crippen molar-refractivity contribution < 1.29 is 22.7 Å². The molecular formula is C18H18N2O5S2. The minimum absolute atomic E-state index is 0.211. The molecule has 0 saturated heterocycles. The second-order valence-corrected chi connectivity index (χ2v) is 8.85. The van der Waals surface area contributed by atoms with E-state index in [1.165, 1.54) is 24.5 Å². The molecule has 1 atom stereocenters. The third-order valence-corrected chi connectivity index (χ3v) is 5.93. The normalized spacial score (nSPS) is 12.7. The summed E-state index contributed by atoms with van der Waals surface area (Å²) in [7, 11) is -0.315. The minimum Gasteiger partial charge on any atom is -0.497 e. The molecule has 142 valence electrons. The lowest BCUT2D eigenvalue weighted by Crippen LogP contribution is -2.22. The zero-order chi connectivity index (χ0) is 19.6. The number of rotatable bonds is 6. The first-order valence-corrected chi connectivity index (χ1v) is 10.6. The predicted molar refractivity (Wildman–Crippen MR) is 104 cm³/mol. The van der Waals surface area contributed by atoms with Crippen molar-refractivity contribution in [1.82, 2.24) is 4.98 Å². The van der Waals surface area contributed by atoms with Gasteiger partial charge >= 0.3 is 0 Å². The molecule has 3 aromatic rings. The zero-order valence-electron chi connectivity index (χ0n) is 14.9. The van der Waals surface area contributed by atoms with Gasteiger partial charge in [0.25, 0.3) is 5.91 Å². The number of hydrogen-bond donors (Lipinski definition) is 1. The van der Waals surface area contributed by atoms with Crippen LogP contribution in [0.1, 0.15) is 11.7 Å². The molecule has 0 aliphatic rings. The molecule has 0 fully saturated rings. The maximum Gasteiger partial charge on any atom is 0.259 e. The summed E-state index contributed by atoms with van der Waals surface area (Å²) >= 11 is 1.20. The van der Waals surface area contributed by atoms with Gasteiger partial charge in [-0.05, 0) is 35.9 Å². The maximum atomic E-state index is 12.6. The molecule has 1 unspecified atom stereocenters. The number of nitrogens with zero attached hydrogens (tertiary/aromatic N) is 1. The number of methoxy groups -OCH3 is 2. The summed E-state index contributed by atoms with van der Waals surface area (Å²) in [6.45, 7) is 0. The summed E-state index contributed by atoms with van der Waals surface area (Å²) in [5.41, 5.74) is 1.26. The van der Waals surface area contributed by atoms with E-state index in [9.17, 15) is 13.2 Å². The van der Waals surface area contributed by atoms with E-state index in [1.54, 1.807) is 43.5 Å². The number of hydrogen-bond acceptors (Lipinski definition) is 7. The molecule has 0 spiro atoms. The number of anilines is 1. The Bertz CT molecular complexity index is 1090. The molecular weight excluding hydrogens is 388 g/mol. The smallest absolute Gasteiger partial charge is 0.259 e. The van der Waals surface area contributed by atoms with Crippen molar-refractivity contribution in [2.75, 3.05) is 25.8 Å². The summed E-state index contributed by atoms with van der Waals surface area (Å²) in [5, 5.41) is 3.10. The lowest BCUT2D eigenvalue weighted by Gasteiger charge is -2.15. The lowest BCUT2D eigenvalue weighted by atomic mass is 10.1. The summed E-state index contributed by atoms with van der Waals surface area (Å²) in [5.74, 6) is 0.240. The molecule has 27 heavy (non-hydrogen) atoms. The summed E-state index contributed by atoms with van der Waals surface area (Å²) < 4.78 is 34.6. The average Bonchev–Trinajstić information content (AvgIpc) is 3.03. The summed E-state index contributed by atoms with van der Waals surface area (Å²) in [6.07, 6.45) is 0.313. The number of carbonyl (C=O) groups is 1. The van der Waals surface area contributed by atoms with Gasteiger partial charge in [0.1, 0.15) is 5.75 Å². The van der Waals surface area contributed by atoms with E-state index >= 15 is 0 Å². The maximum absolute atomic E-state index is 12.6. The van der Waals surface area contributed by atoms with E-state index in [1.807, 2.05) is 0 Å². The second-order valence-electron chi connectivity index (χ2n) is 5.80. The summed E-state index contributed by atoms with van der Waals surface area (Å²) in [6, 6.07) is 11.7. The van der Waals surface area contributed by atoms with Crippen molar-refractivity contribution in [3.8, 4) is 5.75 Å². The highest BCUT2D eigenvalue weighted by atomic mass is 32.2. The standard InChI is InChI=1S/C18H18N2O5S2/c1-24-12-6-4-5-11(9-12)16(25-2)17(21)20-18-19-14-8-7-13(27(3,22)23)10-15(14)26-18/h4-10,16H,1-3H3,(H,19,20,21). The fourth-order valence-electron chi connectivity index (χ4n) is 2.56. The van der Waals surface area contributed by atoms with Crippen molar-refractivity contribution in [3.05, 3.63) is 48.0 Å². The van der Waals surface area contributed by atoms with Gasteiger partial charge in [0.05, 0.1) is 22.2 Å². The van der Waals surface area contributed by atoms with E-state index in [0.29, 0.717) is 26.7 Å².